The number of anilines is 1. The lowest BCUT2D eigenvalue weighted by Crippen LogP contribution is -2.03. The fourth-order valence-electron chi connectivity index (χ4n) is 1.84. The molecule has 2 aromatic rings. The molecule has 0 spiro atoms. The highest BCUT2D eigenvalue weighted by molar-refractivity contribution is 7.15. The molecule has 5 nitrogen and oxygen atoms in total. The number of aryl methyl sites for hydroxylation is 1. The van der Waals surface area contributed by atoms with Crippen LogP contribution in [0.5, 0.6) is 11.5 Å². The summed E-state index contributed by atoms with van der Waals surface area (Å²) in [5.41, 5.74) is 1.03. The molecule has 1 heterocycles. The summed E-state index contributed by atoms with van der Waals surface area (Å²) in [6, 6.07) is 5.88. The number of nitrogens with one attached hydrogen (secondary N) is 1. The van der Waals surface area contributed by atoms with Gasteiger partial charge in [0.15, 0.2) is 11.5 Å². The van der Waals surface area contributed by atoms with Crippen LogP contribution in [0.25, 0.3) is 0 Å². The van der Waals surface area contributed by atoms with Crippen molar-refractivity contribution in [3.63, 3.8) is 0 Å². The van der Waals surface area contributed by atoms with Crippen LogP contribution >= 0.6 is 11.3 Å². The Morgan fingerprint density at radius 1 is 1.25 bits per heavy atom. The van der Waals surface area contributed by atoms with Gasteiger partial charge < -0.3 is 14.8 Å². The van der Waals surface area contributed by atoms with E-state index in [1.54, 1.807) is 18.4 Å². The molecule has 0 bridgehead atoms. The number of nitrogens with zero attached hydrogens (tertiary/aromatic N) is 2. The summed E-state index contributed by atoms with van der Waals surface area (Å²) in [6.07, 6.45) is 0.905. The lowest BCUT2D eigenvalue weighted by Gasteiger charge is -2.13. The highest BCUT2D eigenvalue weighted by atomic mass is 32.1. The number of ether oxygens (including phenoxy) is 2. The predicted molar refractivity (Wildman–Crippen MR) is 80.8 cm³/mol. The van der Waals surface area contributed by atoms with Gasteiger partial charge in [-0.25, -0.2) is 0 Å². The molecule has 20 heavy (non-hydrogen) atoms. The topological polar surface area (TPSA) is 56.3 Å². The number of rotatable bonds is 7. The first-order chi connectivity index (χ1) is 9.78. The van der Waals surface area contributed by atoms with Crippen molar-refractivity contribution in [1.29, 1.82) is 0 Å². The van der Waals surface area contributed by atoms with Gasteiger partial charge in [0.05, 0.1) is 13.7 Å². The lowest BCUT2D eigenvalue weighted by molar-refractivity contribution is 0.309. The van der Waals surface area contributed by atoms with Crippen molar-refractivity contribution >= 4 is 16.5 Å². The van der Waals surface area contributed by atoms with Crippen molar-refractivity contribution in [2.24, 2.45) is 0 Å². The minimum absolute atomic E-state index is 0.615. The SMILES string of the molecule is CCOc1cccc(CNc2nnc(CC)s2)c1OC. The van der Waals surface area contributed by atoms with Gasteiger partial charge in [0.2, 0.25) is 5.13 Å². The van der Waals surface area contributed by atoms with Gasteiger partial charge in [-0.05, 0) is 19.4 Å². The van der Waals surface area contributed by atoms with Crippen LogP contribution in [0.4, 0.5) is 5.13 Å². The fraction of sp³-hybridized carbons (Fsp3) is 0.429. The molecule has 0 aliphatic rings. The third kappa shape index (κ3) is 3.39. The van der Waals surface area contributed by atoms with E-state index in [1.807, 2.05) is 25.1 Å². The molecule has 0 aliphatic heterocycles. The molecule has 0 atom stereocenters. The maximum absolute atomic E-state index is 5.56. The minimum atomic E-state index is 0.615. The van der Waals surface area contributed by atoms with E-state index in [9.17, 15) is 0 Å². The molecule has 0 saturated carbocycles. The molecule has 0 unspecified atom stereocenters. The molecule has 0 amide bonds. The van der Waals surface area contributed by atoms with Gasteiger partial charge in [-0.1, -0.05) is 30.4 Å². The molecule has 2 rings (SSSR count). The summed E-state index contributed by atoms with van der Waals surface area (Å²) >= 11 is 1.57. The van der Waals surface area contributed by atoms with Crippen LogP contribution in [-0.4, -0.2) is 23.9 Å². The molecule has 0 aliphatic carbocycles. The van der Waals surface area contributed by atoms with E-state index in [2.05, 4.69) is 22.4 Å². The lowest BCUT2D eigenvalue weighted by atomic mass is 10.2. The highest BCUT2D eigenvalue weighted by Crippen LogP contribution is 2.31. The summed E-state index contributed by atoms with van der Waals surface area (Å²) in [5, 5.41) is 13.3. The second-order valence-corrected chi connectivity index (χ2v) is 5.15. The summed E-state index contributed by atoms with van der Waals surface area (Å²) in [7, 11) is 1.65. The van der Waals surface area contributed by atoms with Crippen LogP contribution < -0.4 is 14.8 Å². The molecular formula is C14H19N3O2S. The first-order valence-corrected chi connectivity index (χ1v) is 7.45. The second kappa shape index (κ2) is 7.09. The van der Waals surface area contributed by atoms with E-state index in [0.717, 1.165) is 33.6 Å². The van der Waals surface area contributed by atoms with E-state index in [1.165, 1.54) is 0 Å². The number of para-hydroxylation sites is 1. The predicted octanol–water partition coefficient (Wildman–Crippen LogP) is 3.12. The van der Waals surface area contributed by atoms with Crippen LogP contribution in [0.1, 0.15) is 24.4 Å². The van der Waals surface area contributed by atoms with Crippen LogP contribution in [0, 0.1) is 0 Å². The normalized spacial score (nSPS) is 10.3. The Hall–Kier alpha value is -1.82. The summed E-state index contributed by atoms with van der Waals surface area (Å²) < 4.78 is 11.0. The van der Waals surface area contributed by atoms with Crippen LogP contribution in [0.15, 0.2) is 18.2 Å². The van der Waals surface area contributed by atoms with Gasteiger partial charge in [0.25, 0.3) is 0 Å². The van der Waals surface area contributed by atoms with Crippen molar-refractivity contribution in [1.82, 2.24) is 10.2 Å². The average molecular weight is 293 g/mol. The van der Waals surface area contributed by atoms with E-state index in [-0.39, 0.29) is 0 Å². The fourth-order valence-corrected chi connectivity index (χ4v) is 2.52. The molecule has 108 valence electrons. The molecular weight excluding hydrogens is 274 g/mol. The minimum Gasteiger partial charge on any atom is -0.493 e. The number of hydrogen-bond donors (Lipinski definition) is 1. The number of methoxy groups -OCH3 is 1. The maximum atomic E-state index is 5.56. The molecule has 0 fully saturated rings. The summed E-state index contributed by atoms with van der Waals surface area (Å²) in [5.74, 6) is 1.53. The number of aromatic nitrogens is 2. The Bertz CT molecular complexity index is 557. The Balaban J connectivity index is 2.10. The standard InChI is InChI=1S/C14H19N3O2S/c1-4-12-16-17-14(20-12)15-9-10-7-6-8-11(19-5-2)13(10)18-3/h6-8H,4-5,9H2,1-3H3,(H,15,17). The highest BCUT2D eigenvalue weighted by Gasteiger charge is 2.10. The van der Waals surface area contributed by atoms with E-state index < -0.39 is 0 Å². The molecule has 0 radical (unpaired) electrons. The van der Waals surface area contributed by atoms with Gasteiger partial charge in [0, 0.05) is 12.1 Å². The van der Waals surface area contributed by atoms with Crippen molar-refractivity contribution < 1.29 is 9.47 Å². The maximum Gasteiger partial charge on any atom is 0.205 e. The first-order valence-electron chi connectivity index (χ1n) is 6.63. The zero-order chi connectivity index (χ0) is 14.4. The Kier molecular flexibility index (Phi) is 5.17. The summed E-state index contributed by atoms with van der Waals surface area (Å²) in [4.78, 5) is 0. The average Bonchev–Trinajstić information content (AvgIpc) is 2.93. The number of hydrogen-bond acceptors (Lipinski definition) is 6. The van der Waals surface area contributed by atoms with E-state index in [0.29, 0.717) is 13.2 Å². The Morgan fingerprint density at radius 2 is 2.10 bits per heavy atom. The summed E-state index contributed by atoms with van der Waals surface area (Å²) in [6.45, 7) is 5.27. The molecule has 6 heteroatoms. The van der Waals surface area contributed by atoms with Crippen LogP contribution in [0.3, 0.4) is 0 Å². The smallest absolute Gasteiger partial charge is 0.205 e. The zero-order valence-electron chi connectivity index (χ0n) is 12.0. The van der Waals surface area contributed by atoms with Gasteiger partial charge >= 0.3 is 0 Å². The second-order valence-electron chi connectivity index (χ2n) is 4.09. The van der Waals surface area contributed by atoms with Crippen molar-refractivity contribution in [2.45, 2.75) is 26.8 Å². The monoisotopic (exact) mass is 293 g/mol. The van der Waals surface area contributed by atoms with Crippen LogP contribution in [-0.2, 0) is 13.0 Å². The first kappa shape index (κ1) is 14.6. The van der Waals surface area contributed by atoms with Crippen molar-refractivity contribution in [2.75, 3.05) is 19.0 Å². The Morgan fingerprint density at radius 3 is 2.75 bits per heavy atom. The van der Waals surface area contributed by atoms with Gasteiger partial charge in [-0.2, -0.15) is 0 Å². The van der Waals surface area contributed by atoms with Gasteiger partial charge in [0.1, 0.15) is 5.01 Å². The van der Waals surface area contributed by atoms with E-state index in [4.69, 9.17) is 9.47 Å². The number of benzene rings is 1. The van der Waals surface area contributed by atoms with Gasteiger partial charge in [-0.15, -0.1) is 10.2 Å². The quantitative estimate of drug-likeness (QED) is 0.850. The Labute approximate surface area is 123 Å². The van der Waals surface area contributed by atoms with E-state index >= 15 is 0 Å². The largest absolute Gasteiger partial charge is 0.493 e. The molecule has 0 saturated heterocycles. The molecule has 1 aromatic heterocycles. The van der Waals surface area contributed by atoms with Crippen LogP contribution in [0.2, 0.25) is 0 Å². The zero-order valence-corrected chi connectivity index (χ0v) is 12.8. The third-order valence-corrected chi connectivity index (χ3v) is 3.79. The molecule has 1 N–H and O–H groups in total. The van der Waals surface area contributed by atoms with Crippen molar-refractivity contribution in [3.05, 3.63) is 28.8 Å². The van der Waals surface area contributed by atoms with Crippen molar-refractivity contribution in [3.8, 4) is 11.5 Å². The third-order valence-electron chi connectivity index (χ3n) is 2.76. The van der Waals surface area contributed by atoms with Gasteiger partial charge in [-0.3, -0.25) is 0 Å². The molecule has 1 aromatic carbocycles.